The Bertz CT molecular complexity index is 1020. The molecule has 8 nitrogen and oxygen atoms in total. The van der Waals surface area contributed by atoms with E-state index in [1.54, 1.807) is 23.2 Å². The zero-order valence-electron chi connectivity index (χ0n) is 17.0. The van der Waals surface area contributed by atoms with Gasteiger partial charge in [-0.15, -0.1) is 0 Å². The summed E-state index contributed by atoms with van der Waals surface area (Å²) >= 11 is 0. The van der Waals surface area contributed by atoms with Crippen LogP contribution in [0.25, 0.3) is 0 Å². The Morgan fingerprint density at radius 2 is 1.72 bits per heavy atom. The van der Waals surface area contributed by atoms with E-state index < -0.39 is 16.1 Å². The van der Waals surface area contributed by atoms with Gasteiger partial charge in [0, 0.05) is 32.4 Å². The average molecular weight is 419 g/mol. The van der Waals surface area contributed by atoms with Gasteiger partial charge in [0.1, 0.15) is 11.5 Å². The van der Waals surface area contributed by atoms with Crippen LogP contribution in [0.4, 0.5) is 0 Å². The third kappa shape index (κ3) is 3.70. The van der Waals surface area contributed by atoms with Crippen molar-refractivity contribution in [3.63, 3.8) is 0 Å². The summed E-state index contributed by atoms with van der Waals surface area (Å²) in [5.41, 5.74) is 2.18. The van der Waals surface area contributed by atoms with Gasteiger partial charge in [-0.1, -0.05) is 6.07 Å². The minimum atomic E-state index is -3.66. The van der Waals surface area contributed by atoms with Gasteiger partial charge >= 0.3 is 0 Å². The number of hydrogen-bond acceptors (Lipinski definition) is 5. The Balaban J connectivity index is 1.62. The van der Waals surface area contributed by atoms with E-state index in [-0.39, 0.29) is 5.91 Å². The Kier molecular flexibility index (Phi) is 5.22. The molecule has 2 aliphatic rings. The molecule has 4 rings (SSSR count). The summed E-state index contributed by atoms with van der Waals surface area (Å²) in [6, 6.07) is 4.89. The van der Waals surface area contributed by atoms with Crippen LogP contribution in [-0.4, -0.2) is 65.9 Å². The predicted octanol–water partition coefficient (Wildman–Crippen LogP) is 1.74. The van der Waals surface area contributed by atoms with Crippen molar-refractivity contribution in [2.24, 2.45) is 0 Å². The van der Waals surface area contributed by atoms with E-state index >= 15 is 0 Å². The number of nitrogens with zero attached hydrogens (tertiary/aromatic N) is 4. The predicted molar refractivity (Wildman–Crippen MR) is 107 cm³/mol. The van der Waals surface area contributed by atoms with Crippen molar-refractivity contribution in [1.82, 2.24) is 18.8 Å². The lowest BCUT2D eigenvalue weighted by Gasteiger charge is -2.32. The van der Waals surface area contributed by atoms with E-state index in [4.69, 9.17) is 4.74 Å². The quantitative estimate of drug-likeness (QED) is 0.758. The van der Waals surface area contributed by atoms with E-state index in [0.29, 0.717) is 55.8 Å². The molecule has 1 atom stereocenters. The minimum Gasteiger partial charge on any atom is -0.378 e. The van der Waals surface area contributed by atoms with Crippen LogP contribution in [0.15, 0.2) is 29.3 Å². The third-order valence-electron chi connectivity index (χ3n) is 5.49. The molecule has 0 N–H and O–H groups in total. The van der Waals surface area contributed by atoms with Crippen LogP contribution < -0.4 is 0 Å². The second-order valence-corrected chi connectivity index (χ2v) is 9.59. The van der Waals surface area contributed by atoms with E-state index in [1.807, 2.05) is 31.4 Å². The standard InChI is InChI=1S/C20H26N4O4S/c1-14-10-15(2)12-17(11-14)29(26,27)24-5-4-23-13-18(21-19(23)16(24)3)20(25)22-6-8-28-9-7-22/h10-13,16H,4-9H2,1-3H3/t16-/m0/s1. The molecular weight excluding hydrogens is 392 g/mol. The summed E-state index contributed by atoms with van der Waals surface area (Å²) in [4.78, 5) is 19.3. The number of carbonyl (C=O) groups is 1. The Hall–Kier alpha value is -2.23. The molecule has 9 heteroatoms. The molecule has 2 aromatic rings. The fourth-order valence-electron chi connectivity index (χ4n) is 4.05. The maximum Gasteiger partial charge on any atom is 0.274 e. The van der Waals surface area contributed by atoms with Crippen LogP contribution >= 0.6 is 0 Å². The molecule has 1 fully saturated rings. The lowest BCUT2D eigenvalue weighted by Crippen LogP contribution is -2.41. The highest BCUT2D eigenvalue weighted by Gasteiger charge is 2.36. The molecule has 1 aromatic heterocycles. The zero-order chi connectivity index (χ0) is 20.8. The molecule has 156 valence electrons. The molecule has 2 aliphatic heterocycles. The van der Waals surface area contributed by atoms with Gasteiger partial charge in [-0.3, -0.25) is 4.79 Å². The number of aryl methyl sites for hydroxylation is 2. The van der Waals surface area contributed by atoms with E-state index in [2.05, 4.69) is 4.98 Å². The van der Waals surface area contributed by atoms with E-state index in [1.165, 1.54) is 4.31 Å². The fraction of sp³-hybridized carbons (Fsp3) is 0.500. The van der Waals surface area contributed by atoms with Gasteiger partial charge in [0.2, 0.25) is 10.0 Å². The van der Waals surface area contributed by atoms with Crippen LogP contribution in [0.1, 0.15) is 40.4 Å². The lowest BCUT2D eigenvalue weighted by atomic mass is 10.2. The fourth-order valence-corrected chi connectivity index (χ4v) is 5.82. The molecule has 1 aromatic carbocycles. The molecule has 0 bridgehead atoms. The van der Waals surface area contributed by atoms with Crippen molar-refractivity contribution in [2.75, 3.05) is 32.8 Å². The second kappa shape index (κ2) is 7.55. The van der Waals surface area contributed by atoms with Gasteiger partial charge in [-0.25, -0.2) is 13.4 Å². The first-order chi connectivity index (χ1) is 13.8. The second-order valence-electron chi connectivity index (χ2n) is 7.70. The number of ether oxygens (including phenoxy) is 1. The minimum absolute atomic E-state index is 0.133. The normalized spacial score (nSPS) is 20.5. The molecule has 3 heterocycles. The van der Waals surface area contributed by atoms with Crippen molar-refractivity contribution in [3.05, 3.63) is 47.0 Å². The molecule has 29 heavy (non-hydrogen) atoms. The number of rotatable bonds is 3. The zero-order valence-corrected chi connectivity index (χ0v) is 17.8. The van der Waals surface area contributed by atoms with Gasteiger partial charge in [-0.2, -0.15) is 4.31 Å². The molecular formula is C20H26N4O4S. The number of benzene rings is 1. The molecule has 0 spiro atoms. The highest BCUT2D eigenvalue weighted by atomic mass is 32.2. The summed E-state index contributed by atoms with van der Waals surface area (Å²) in [5.74, 6) is 0.465. The largest absolute Gasteiger partial charge is 0.378 e. The summed E-state index contributed by atoms with van der Waals surface area (Å²) in [5, 5.41) is 0. The van der Waals surface area contributed by atoms with Gasteiger partial charge in [0.15, 0.2) is 0 Å². The van der Waals surface area contributed by atoms with Gasteiger partial charge < -0.3 is 14.2 Å². The summed E-state index contributed by atoms with van der Waals surface area (Å²) in [7, 11) is -3.66. The summed E-state index contributed by atoms with van der Waals surface area (Å²) in [6.07, 6.45) is 1.74. The summed E-state index contributed by atoms with van der Waals surface area (Å²) < 4.78 is 35.3. The number of hydrogen-bond donors (Lipinski definition) is 0. The summed E-state index contributed by atoms with van der Waals surface area (Å²) in [6.45, 7) is 8.55. The third-order valence-corrected chi connectivity index (χ3v) is 7.44. The Labute approximate surface area is 171 Å². The SMILES string of the molecule is Cc1cc(C)cc(S(=O)(=O)N2CCn3cc(C(=O)N4CCOCC4)nc3[C@@H]2C)c1. The molecule has 0 saturated carbocycles. The van der Waals surface area contributed by atoms with Crippen molar-refractivity contribution in [3.8, 4) is 0 Å². The molecule has 0 aliphatic carbocycles. The highest BCUT2D eigenvalue weighted by molar-refractivity contribution is 7.89. The van der Waals surface area contributed by atoms with Gasteiger partial charge in [0.25, 0.3) is 5.91 Å². The van der Waals surface area contributed by atoms with Crippen LogP contribution in [0.2, 0.25) is 0 Å². The maximum absolute atomic E-state index is 13.3. The van der Waals surface area contributed by atoms with Crippen LogP contribution in [0, 0.1) is 13.8 Å². The molecule has 0 unspecified atom stereocenters. The first-order valence-corrected chi connectivity index (χ1v) is 11.3. The smallest absolute Gasteiger partial charge is 0.274 e. The maximum atomic E-state index is 13.3. The molecule has 0 radical (unpaired) electrons. The topological polar surface area (TPSA) is 84.7 Å². The van der Waals surface area contributed by atoms with Crippen LogP contribution in [-0.2, 0) is 21.3 Å². The van der Waals surface area contributed by atoms with Gasteiger partial charge in [0.05, 0.1) is 24.2 Å². The number of morpholine rings is 1. The molecule has 1 saturated heterocycles. The number of carbonyl (C=O) groups excluding carboxylic acids is 1. The van der Waals surface area contributed by atoms with E-state index in [0.717, 1.165) is 11.1 Å². The first-order valence-electron chi connectivity index (χ1n) is 9.81. The monoisotopic (exact) mass is 418 g/mol. The average Bonchev–Trinajstić information content (AvgIpc) is 3.13. The number of aromatic nitrogens is 2. The van der Waals surface area contributed by atoms with E-state index in [9.17, 15) is 13.2 Å². The highest BCUT2D eigenvalue weighted by Crippen LogP contribution is 2.31. The number of sulfonamides is 1. The van der Waals surface area contributed by atoms with Crippen molar-refractivity contribution in [2.45, 2.75) is 38.3 Å². The number of imidazole rings is 1. The lowest BCUT2D eigenvalue weighted by molar-refractivity contribution is 0.0299. The van der Waals surface area contributed by atoms with Gasteiger partial charge in [-0.05, 0) is 44.0 Å². The van der Waals surface area contributed by atoms with Crippen molar-refractivity contribution in [1.29, 1.82) is 0 Å². The van der Waals surface area contributed by atoms with Crippen LogP contribution in [0.5, 0.6) is 0 Å². The number of amides is 1. The molecule has 1 amide bonds. The van der Waals surface area contributed by atoms with Crippen LogP contribution in [0.3, 0.4) is 0 Å². The number of fused-ring (bicyclic) bond motifs is 1. The first kappa shape index (κ1) is 20.1. The van der Waals surface area contributed by atoms with Crippen molar-refractivity contribution < 1.29 is 17.9 Å². The van der Waals surface area contributed by atoms with Crippen molar-refractivity contribution >= 4 is 15.9 Å². The Morgan fingerprint density at radius 1 is 1.07 bits per heavy atom. The Morgan fingerprint density at radius 3 is 2.38 bits per heavy atom.